The van der Waals surface area contributed by atoms with E-state index in [1.165, 1.54) is 0 Å². The highest BCUT2D eigenvalue weighted by Crippen LogP contribution is 2.21. The average molecular weight is 232 g/mol. The van der Waals surface area contributed by atoms with Crippen molar-refractivity contribution in [2.24, 2.45) is 0 Å². The Hall–Kier alpha value is -1.84. The lowest BCUT2D eigenvalue weighted by Gasteiger charge is -2.05. The van der Waals surface area contributed by atoms with Gasteiger partial charge in [-0.05, 0) is 32.4 Å². The van der Waals surface area contributed by atoms with E-state index in [0.29, 0.717) is 6.42 Å². The van der Waals surface area contributed by atoms with E-state index in [0.717, 1.165) is 29.8 Å². The fourth-order valence-corrected chi connectivity index (χ4v) is 2.01. The summed E-state index contributed by atoms with van der Waals surface area (Å²) in [4.78, 5) is 15.3. The predicted octanol–water partition coefficient (Wildman–Crippen LogP) is 2.42. The molecule has 0 amide bonds. The lowest BCUT2D eigenvalue weighted by molar-refractivity contribution is -0.117. The van der Waals surface area contributed by atoms with Gasteiger partial charge in [-0.25, -0.2) is 4.98 Å². The SMILES string of the molecule is CC(=O)CCCn1c(C)nc2cc(O)ccc21. The molecule has 0 saturated carbocycles. The van der Waals surface area contributed by atoms with E-state index >= 15 is 0 Å². The number of aryl methyl sites for hydroxylation is 2. The van der Waals surface area contributed by atoms with Gasteiger partial charge in [0.2, 0.25) is 0 Å². The van der Waals surface area contributed by atoms with Crippen molar-refractivity contribution in [1.82, 2.24) is 9.55 Å². The third-order valence-corrected chi connectivity index (χ3v) is 2.83. The van der Waals surface area contributed by atoms with Crippen molar-refractivity contribution >= 4 is 16.8 Å². The molecule has 0 aliphatic carbocycles. The summed E-state index contributed by atoms with van der Waals surface area (Å²) in [5, 5.41) is 9.39. The van der Waals surface area contributed by atoms with E-state index in [1.807, 2.05) is 13.0 Å². The van der Waals surface area contributed by atoms with E-state index in [1.54, 1.807) is 19.1 Å². The second-order valence-corrected chi connectivity index (χ2v) is 4.29. The first-order valence-corrected chi connectivity index (χ1v) is 5.73. The van der Waals surface area contributed by atoms with Crippen molar-refractivity contribution in [3.63, 3.8) is 0 Å². The molecule has 1 heterocycles. The molecule has 4 heteroatoms. The molecule has 2 aromatic rings. The summed E-state index contributed by atoms with van der Waals surface area (Å²) >= 11 is 0. The number of nitrogens with zero attached hydrogens (tertiary/aromatic N) is 2. The van der Waals surface area contributed by atoms with Gasteiger partial charge in [0.05, 0.1) is 11.0 Å². The fourth-order valence-electron chi connectivity index (χ4n) is 2.01. The molecule has 0 fully saturated rings. The van der Waals surface area contributed by atoms with Gasteiger partial charge < -0.3 is 14.5 Å². The number of phenols is 1. The van der Waals surface area contributed by atoms with Gasteiger partial charge in [-0.2, -0.15) is 0 Å². The standard InChI is InChI=1S/C13H16N2O2/c1-9(16)4-3-7-15-10(2)14-12-8-11(17)5-6-13(12)15/h5-6,8,17H,3-4,7H2,1-2H3. The Labute approximate surface area is 99.9 Å². The maximum atomic E-state index is 10.9. The summed E-state index contributed by atoms with van der Waals surface area (Å²) in [5.41, 5.74) is 1.80. The summed E-state index contributed by atoms with van der Waals surface area (Å²) < 4.78 is 2.08. The first-order valence-electron chi connectivity index (χ1n) is 5.73. The van der Waals surface area contributed by atoms with Gasteiger partial charge in [0.1, 0.15) is 17.4 Å². The van der Waals surface area contributed by atoms with Crippen LogP contribution in [0.2, 0.25) is 0 Å². The Kier molecular flexibility index (Phi) is 3.13. The van der Waals surface area contributed by atoms with Crippen molar-refractivity contribution in [2.75, 3.05) is 0 Å². The molecular formula is C13H16N2O2. The Morgan fingerprint density at radius 2 is 2.24 bits per heavy atom. The number of hydrogen-bond acceptors (Lipinski definition) is 3. The zero-order valence-electron chi connectivity index (χ0n) is 10.1. The number of fused-ring (bicyclic) bond motifs is 1. The average Bonchev–Trinajstić information content (AvgIpc) is 2.54. The Morgan fingerprint density at radius 1 is 1.47 bits per heavy atom. The van der Waals surface area contributed by atoms with Gasteiger partial charge in [0, 0.05) is 19.0 Å². The van der Waals surface area contributed by atoms with Crippen molar-refractivity contribution in [3.8, 4) is 5.75 Å². The van der Waals surface area contributed by atoms with Gasteiger partial charge in [-0.15, -0.1) is 0 Å². The Morgan fingerprint density at radius 3 is 2.94 bits per heavy atom. The van der Waals surface area contributed by atoms with Crippen molar-refractivity contribution in [3.05, 3.63) is 24.0 Å². The van der Waals surface area contributed by atoms with Crippen LogP contribution in [0.1, 0.15) is 25.6 Å². The molecule has 1 aromatic carbocycles. The molecular weight excluding hydrogens is 216 g/mol. The minimum absolute atomic E-state index is 0.213. The minimum atomic E-state index is 0.213. The number of phenolic OH excluding ortho intramolecular Hbond substituents is 1. The molecule has 0 saturated heterocycles. The zero-order valence-corrected chi connectivity index (χ0v) is 10.1. The molecule has 0 aliphatic heterocycles. The van der Waals surface area contributed by atoms with Crippen LogP contribution >= 0.6 is 0 Å². The number of carbonyl (C=O) groups is 1. The van der Waals surface area contributed by atoms with Crippen LogP contribution in [0.3, 0.4) is 0 Å². The number of hydrogen-bond donors (Lipinski definition) is 1. The molecule has 0 unspecified atom stereocenters. The van der Waals surface area contributed by atoms with Crippen LogP contribution in [0, 0.1) is 6.92 Å². The number of imidazole rings is 1. The first kappa shape index (κ1) is 11.6. The number of ketones is 1. The van der Waals surface area contributed by atoms with Crippen molar-refractivity contribution < 1.29 is 9.90 Å². The van der Waals surface area contributed by atoms with Crippen molar-refractivity contribution in [2.45, 2.75) is 33.2 Å². The van der Waals surface area contributed by atoms with Crippen LogP contribution in [0.25, 0.3) is 11.0 Å². The predicted molar refractivity (Wildman–Crippen MR) is 66.0 cm³/mol. The molecule has 1 N–H and O–H groups in total. The number of rotatable bonds is 4. The van der Waals surface area contributed by atoms with Crippen LogP contribution in [-0.4, -0.2) is 20.4 Å². The Balaban J connectivity index is 2.27. The van der Waals surface area contributed by atoms with E-state index in [-0.39, 0.29) is 11.5 Å². The number of Topliss-reactive ketones (excluding diaryl/α,β-unsaturated/α-hetero) is 1. The van der Waals surface area contributed by atoms with Crippen LogP contribution in [-0.2, 0) is 11.3 Å². The molecule has 0 atom stereocenters. The second kappa shape index (κ2) is 4.57. The number of carbonyl (C=O) groups excluding carboxylic acids is 1. The zero-order chi connectivity index (χ0) is 12.4. The van der Waals surface area contributed by atoms with E-state index in [4.69, 9.17) is 0 Å². The molecule has 0 radical (unpaired) electrons. The van der Waals surface area contributed by atoms with E-state index in [9.17, 15) is 9.90 Å². The van der Waals surface area contributed by atoms with Crippen LogP contribution in [0.5, 0.6) is 5.75 Å². The van der Waals surface area contributed by atoms with E-state index in [2.05, 4.69) is 9.55 Å². The normalized spacial score (nSPS) is 10.9. The van der Waals surface area contributed by atoms with Crippen LogP contribution < -0.4 is 0 Å². The van der Waals surface area contributed by atoms with Gasteiger partial charge in [0.25, 0.3) is 0 Å². The summed E-state index contributed by atoms with van der Waals surface area (Å²) in [6, 6.07) is 5.17. The van der Waals surface area contributed by atoms with Crippen molar-refractivity contribution in [1.29, 1.82) is 0 Å². The summed E-state index contributed by atoms with van der Waals surface area (Å²) in [7, 11) is 0. The largest absolute Gasteiger partial charge is 0.508 e. The fraction of sp³-hybridized carbons (Fsp3) is 0.385. The van der Waals surface area contributed by atoms with Crippen LogP contribution in [0.4, 0.5) is 0 Å². The molecule has 0 bridgehead atoms. The smallest absolute Gasteiger partial charge is 0.129 e. The highest BCUT2D eigenvalue weighted by atomic mass is 16.3. The van der Waals surface area contributed by atoms with Gasteiger partial charge in [-0.3, -0.25) is 0 Å². The quantitative estimate of drug-likeness (QED) is 0.880. The number of aromatic nitrogens is 2. The minimum Gasteiger partial charge on any atom is -0.508 e. The maximum Gasteiger partial charge on any atom is 0.129 e. The molecule has 0 aliphatic rings. The topological polar surface area (TPSA) is 55.1 Å². The molecule has 0 spiro atoms. The van der Waals surface area contributed by atoms with Gasteiger partial charge >= 0.3 is 0 Å². The highest BCUT2D eigenvalue weighted by molar-refractivity contribution is 5.78. The molecule has 90 valence electrons. The maximum absolute atomic E-state index is 10.9. The van der Waals surface area contributed by atoms with Crippen LogP contribution in [0.15, 0.2) is 18.2 Å². The number of benzene rings is 1. The number of aromatic hydroxyl groups is 1. The van der Waals surface area contributed by atoms with E-state index < -0.39 is 0 Å². The first-order chi connectivity index (χ1) is 8.08. The lowest BCUT2D eigenvalue weighted by Crippen LogP contribution is -2.02. The second-order valence-electron chi connectivity index (χ2n) is 4.29. The highest BCUT2D eigenvalue weighted by Gasteiger charge is 2.07. The summed E-state index contributed by atoms with van der Waals surface area (Å²) in [5.74, 6) is 1.35. The molecule has 4 nitrogen and oxygen atoms in total. The molecule has 1 aromatic heterocycles. The molecule has 2 rings (SSSR count). The third-order valence-electron chi connectivity index (χ3n) is 2.83. The van der Waals surface area contributed by atoms with Gasteiger partial charge in [-0.1, -0.05) is 0 Å². The third kappa shape index (κ3) is 2.46. The lowest BCUT2D eigenvalue weighted by atomic mass is 10.2. The van der Waals surface area contributed by atoms with Gasteiger partial charge in [0.15, 0.2) is 0 Å². The Bertz CT molecular complexity index is 558. The summed E-state index contributed by atoms with van der Waals surface area (Å²) in [6.07, 6.45) is 1.42. The molecule has 17 heavy (non-hydrogen) atoms. The summed E-state index contributed by atoms with van der Waals surface area (Å²) in [6.45, 7) is 4.33. The monoisotopic (exact) mass is 232 g/mol.